The predicted molar refractivity (Wildman–Crippen MR) is 92.4 cm³/mol. The molecule has 1 aromatic heterocycles. The Morgan fingerprint density at radius 1 is 1.00 bits per heavy atom. The van der Waals surface area contributed by atoms with Gasteiger partial charge in [0.25, 0.3) is 0 Å². The van der Waals surface area contributed by atoms with Gasteiger partial charge in [0.2, 0.25) is 0 Å². The number of carbonyl (C=O) groups excluding carboxylic acids is 1. The van der Waals surface area contributed by atoms with Gasteiger partial charge in [-0.3, -0.25) is 9.13 Å². The molecule has 0 fully saturated rings. The smallest absolute Gasteiger partial charge is 0.357 e. The molecule has 5 nitrogen and oxygen atoms in total. The van der Waals surface area contributed by atoms with E-state index < -0.39 is 5.97 Å². The van der Waals surface area contributed by atoms with Gasteiger partial charge < -0.3 is 4.74 Å². The number of aromatic nitrogens is 2. The Balaban J connectivity index is 2.36. The zero-order valence-corrected chi connectivity index (χ0v) is 13.6. The lowest BCUT2D eigenvalue weighted by Gasteiger charge is -2.09. The summed E-state index contributed by atoms with van der Waals surface area (Å²) in [5.74, 6) is -0.509. The summed E-state index contributed by atoms with van der Waals surface area (Å²) < 4.78 is 8.05. The summed E-state index contributed by atoms with van der Waals surface area (Å²) >= 11 is 0. The van der Waals surface area contributed by atoms with Crippen LogP contribution in [0.5, 0.6) is 0 Å². The summed E-state index contributed by atoms with van der Waals surface area (Å²) in [4.78, 5) is 25.3. The molecule has 0 amide bonds. The topological polar surface area (TPSA) is 53.2 Å². The number of imidazole rings is 1. The van der Waals surface area contributed by atoms with Gasteiger partial charge in [-0.15, -0.1) is 0 Å². The molecule has 0 aliphatic carbocycles. The minimum atomic E-state index is -0.509. The van der Waals surface area contributed by atoms with Gasteiger partial charge in [-0.25, -0.2) is 9.59 Å². The molecule has 0 unspecified atom stereocenters. The number of para-hydroxylation sites is 1. The van der Waals surface area contributed by atoms with E-state index in [1.807, 2.05) is 60.7 Å². The molecule has 24 heavy (non-hydrogen) atoms. The Kier molecular flexibility index (Phi) is 4.33. The lowest BCUT2D eigenvalue weighted by atomic mass is 10.1. The van der Waals surface area contributed by atoms with E-state index in [1.165, 1.54) is 4.57 Å². The van der Waals surface area contributed by atoms with E-state index in [1.54, 1.807) is 18.5 Å². The molecule has 5 heteroatoms. The van der Waals surface area contributed by atoms with Crippen molar-refractivity contribution in [2.45, 2.75) is 6.92 Å². The molecule has 2 aromatic carbocycles. The lowest BCUT2D eigenvalue weighted by Crippen LogP contribution is -2.22. The molecule has 0 saturated heterocycles. The normalized spacial score (nSPS) is 10.6. The van der Waals surface area contributed by atoms with Gasteiger partial charge in [0, 0.05) is 12.6 Å². The van der Waals surface area contributed by atoms with Gasteiger partial charge in [0.1, 0.15) is 0 Å². The number of hydrogen-bond acceptors (Lipinski definition) is 3. The minimum absolute atomic E-state index is 0.247. The maximum atomic E-state index is 12.8. The van der Waals surface area contributed by atoms with Crippen molar-refractivity contribution in [2.75, 3.05) is 6.61 Å². The highest BCUT2D eigenvalue weighted by Crippen LogP contribution is 2.26. The van der Waals surface area contributed by atoms with Crippen LogP contribution in [-0.2, 0) is 11.8 Å². The number of ether oxygens (including phenoxy) is 1. The van der Waals surface area contributed by atoms with Crippen LogP contribution >= 0.6 is 0 Å². The summed E-state index contributed by atoms with van der Waals surface area (Å²) in [7, 11) is 1.58. The fraction of sp³-hybridized carbons (Fsp3) is 0.158. The fourth-order valence-electron chi connectivity index (χ4n) is 2.72. The SMILES string of the molecule is CCOC(=O)c1c(-c2ccccc2)n(-c2ccccc2)c(=O)n1C. The monoisotopic (exact) mass is 322 g/mol. The van der Waals surface area contributed by atoms with E-state index in [2.05, 4.69) is 0 Å². The van der Waals surface area contributed by atoms with Crippen molar-refractivity contribution in [3.05, 3.63) is 76.8 Å². The van der Waals surface area contributed by atoms with Crippen molar-refractivity contribution in [3.8, 4) is 16.9 Å². The van der Waals surface area contributed by atoms with Crippen molar-refractivity contribution in [1.29, 1.82) is 0 Å². The van der Waals surface area contributed by atoms with E-state index in [0.717, 1.165) is 5.56 Å². The summed E-state index contributed by atoms with van der Waals surface area (Å²) in [5, 5.41) is 0. The van der Waals surface area contributed by atoms with Crippen LogP contribution in [0.15, 0.2) is 65.5 Å². The van der Waals surface area contributed by atoms with E-state index in [4.69, 9.17) is 4.74 Å². The largest absolute Gasteiger partial charge is 0.461 e. The Bertz CT molecular complexity index is 909. The molecule has 0 spiro atoms. The van der Waals surface area contributed by atoms with Crippen molar-refractivity contribution in [3.63, 3.8) is 0 Å². The highest BCUT2D eigenvalue weighted by Gasteiger charge is 2.26. The summed E-state index contributed by atoms with van der Waals surface area (Å²) in [6, 6.07) is 18.6. The fourth-order valence-corrected chi connectivity index (χ4v) is 2.72. The van der Waals surface area contributed by atoms with Gasteiger partial charge in [-0.1, -0.05) is 48.5 Å². The maximum absolute atomic E-state index is 12.8. The maximum Gasteiger partial charge on any atom is 0.357 e. The first kappa shape index (κ1) is 15.8. The van der Waals surface area contributed by atoms with Crippen LogP contribution in [0.4, 0.5) is 0 Å². The molecule has 0 N–H and O–H groups in total. The van der Waals surface area contributed by atoms with Crippen LogP contribution in [0.3, 0.4) is 0 Å². The average Bonchev–Trinajstić information content (AvgIpc) is 2.88. The average molecular weight is 322 g/mol. The second kappa shape index (κ2) is 6.58. The molecule has 0 atom stereocenters. The minimum Gasteiger partial charge on any atom is -0.461 e. The summed E-state index contributed by atoms with van der Waals surface area (Å²) in [5.41, 5.74) is 1.97. The predicted octanol–water partition coefficient (Wildman–Crippen LogP) is 3.02. The van der Waals surface area contributed by atoms with Crippen LogP contribution in [0.25, 0.3) is 16.9 Å². The van der Waals surface area contributed by atoms with Gasteiger partial charge in [0.15, 0.2) is 5.69 Å². The van der Waals surface area contributed by atoms with Crippen molar-refractivity contribution in [1.82, 2.24) is 9.13 Å². The van der Waals surface area contributed by atoms with E-state index >= 15 is 0 Å². The summed E-state index contributed by atoms with van der Waals surface area (Å²) in [6.07, 6.45) is 0. The Morgan fingerprint density at radius 2 is 1.58 bits per heavy atom. The summed E-state index contributed by atoms with van der Waals surface area (Å²) in [6.45, 7) is 1.99. The standard InChI is InChI=1S/C19H18N2O3/c1-3-24-18(22)17-16(14-10-6-4-7-11-14)21(19(23)20(17)2)15-12-8-5-9-13-15/h4-13H,3H2,1-2H3. The number of carbonyl (C=O) groups is 1. The number of benzene rings is 2. The van der Waals surface area contributed by atoms with E-state index in [-0.39, 0.29) is 18.0 Å². The van der Waals surface area contributed by atoms with Crippen molar-refractivity contribution < 1.29 is 9.53 Å². The highest BCUT2D eigenvalue weighted by molar-refractivity contribution is 5.95. The Labute approximate surface area is 139 Å². The number of esters is 1. The van der Waals surface area contributed by atoms with Gasteiger partial charge in [0.05, 0.1) is 18.0 Å². The highest BCUT2D eigenvalue weighted by atomic mass is 16.5. The van der Waals surface area contributed by atoms with Crippen molar-refractivity contribution >= 4 is 5.97 Å². The van der Waals surface area contributed by atoms with Gasteiger partial charge in [-0.05, 0) is 19.1 Å². The van der Waals surface area contributed by atoms with Crippen LogP contribution in [0, 0.1) is 0 Å². The van der Waals surface area contributed by atoms with Gasteiger partial charge >= 0.3 is 11.7 Å². The zero-order chi connectivity index (χ0) is 17.1. The number of hydrogen-bond donors (Lipinski definition) is 0. The molecule has 0 aliphatic heterocycles. The van der Waals surface area contributed by atoms with E-state index in [9.17, 15) is 9.59 Å². The number of rotatable bonds is 4. The third-order valence-electron chi connectivity index (χ3n) is 3.79. The molecular weight excluding hydrogens is 304 g/mol. The first-order chi connectivity index (χ1) is 11.6. The number of nitrogens with zero attached hydrogens (tertiary/aromatic N) is 2. The van der Waals surface area contributed by atoms with Crippen LogP contribution < -0.4 is 5.69 Å². The quantitative estimate of drug-likeness (QED) is 0.694. The molecule has 122 valence electrons. The van der Waals surface area contributed by atoms with Crippen LogP contribution in [0.2, 0.25) is 0 Å². The molecular formula is C19H18N2O3. The molecule has 3 rings (SSSR count). The van der Waals surface area contributed by atoms with Crippen LogP contribution in [0.1, 0.15) is 17.4 Å². The Hall–Kier alpha value is -3.08. The van der Waals surface area contributed by atoms with Crippen LogP contribution in [-0.4, -0.2) is 21.7 Å². The van der Waals surface area contributed by atoms with Gasteiger partial charge in [-0.2, -0.15) is 0 Å². The Morgan fingerprint density at radius 3 is 2.17 bits per heavy atom. The molecule has 0 saturated carbocycles. The third kappa shape index (κ3) is 2.65. The molecule has 3 aromatic rings. The first-order valence-corrected chi connectivity index (χ1v) is 7.74. The first-order valence-electron chi connectivity index (χ1n) is 7.74. The molecule has 0 bridgehead atoms. The second-order valence-corrected chi connectivity index (χ2v) is 5.30. The lowest BCUT2D eigenvalue weighted by molar-refractivity contribution is 0.0516. The molecule has 0 radical (unpaired) electrons. The van der Waals surface area contributed by atoms with Crippen molar-refractivity contribution in [2.24, 2.45) is 7.05 Å². The second-order valence-electron chi connectivity index (χ2n) is 5.30. The third-order valence-corrected chi connectivity index (χ3v) is 3.79. The van der Waals surface area contributed by atoms with E-state index in [0.29, 0.717) is 11.4 Å². The molecule has 0 aliphatic rings. The molecule has 1 heterocycles. The zero-order valence-electron chi connectivity index (χ0n) is 13.6.